The first-order chi connectivity index (χ1) is 8.20. The van der Waals surface area contributed by atoms with Crippen LogP contribution in [0.2, 0.25) is 0 Å². The molecule has 2 saturated carbocycles. The normalized spacial score (nSPS) is 42.2. The molecule has 0 amide bonds. The van der Waals surface area contributed by atoms with Crippen molar-refractivity contribution < 1.29 is 14.6 Å². The van der Waals surface area contributed by atoms with Crippen LogP contribution in [-0.2, 0) is 9.47 Å². The van der Waals surface area contributed by atoms with Crippen LogP contribution < -0.4 is 0 Å². The fraction of sp³-hybridized carbons (Fsp3) is 1.00. The van der Waals surface area contributed by atoms with Crippen molar-refractivity contribution in [3.63, 3.8) is 0 Å². The fourth-order valence-electron chi connectivity index (χ4n) is 2.91. The van der Waals surface area contributed by atoms with Crippen LogP contribution in [0, 0.1) is 5.92 Å². The maximum atomic E-state index is 9.68. The summed E-state index contributed by atoms with van der Waals surface area (Å²) in [6, 6.07) is 0. The molecule has 100 valence electrons. The van der Waals surface area contributed by atoms with Gasteiger partial charge >= 0.3 is 0 Å². The lowest BCUT2D eigenvalue weighted by molar-refractivity contribution is -0.211. The van der Waals surface area contributed by atoms with E-state index in [2.05, 4.69) is 13.8 Å². The molecule has 1 N–H and O–H groups in total. The number of hydrogen-bond donors (Lipinski definition) is 1. The maximum Gasteiger partial charge on any atom is 0.110 e. The van der Waals surface area contributed by atoms with Gasteiger partial charge in [0, 0.05) is 13.0 Å². The third kappa shape index (κ3) is 3.43. The number of rotatable bonds is 5. The van der Waals surface area contributed by atoms with Crippen molar-refractivity contribution >= 4 is 0 Å². The predicted octanol–water partition coefficient (Wildman–Crippen LogP) is 2.51. The molecule has 0 aromatic carbocycles. The average molecular weight is 242 g/mol. The average Bonchev–Trinajstić information content (AvgIpc) is 2.29. The van der Waals surface area contributed by atoms with Gasteiger partial charge in [-0.25, -0.2) is 0 Å². The summed E-state index contributed by atoms with van der Waals surface area (Å²) in [5, 5.41) is 9.68. The van der Waals surface area contributed by atoms with E-state index in [0.717, 1.165) is 25.4 Å². The number of aliphatic hydroxyl groups is 1. The molecule has 5 unspecified atom stereocenters. The van der Waals surface area contributed by atoms with E-state index in [1.165, 1.54) is 25.7 Å². The van der Waals surface area contributed by atoms with Crippen LogP contribution in [0.15, 0.2) is 0 Å². The van der Waals surface area contributed by atoms with Crippen LogP contribution in [0.3, 0.4) is 0 Å². The highest BCUT2D eigenvalue weighted by Crippen LogP contribution is 2.33. The summed E-state index contributed by atoms with van der Waals surface area (Å²) < 4.78 is 11.7. The predicted molar refractivity (Wildman–Crippen MR) is 66.9 cm³/mol. The molecule has 0 bridgehead atoms. The van der Waals surface area contributed by atoms with Crippen molar-refractivity contribution in [1.82, 2.24) is 0 Å². The first-order valence-corrected chi connectivity index (χ1v) is 7.15. The molecule has 2 rings (SSSR count). The molecule has 2 aliphatic carbocycles. The first-order valence-electron chi connectivity index (χ1n) is 7.15. The minimum Gasteiger partial charge on any atom is -0.390 e. The van der Waals surface area contributed by atoms with E-state index < -0.39 is 0 Å². The van der Waals surface area contributed by atoms with Crippen LogP contribution in [0.4, 0.5) is 0 Å². The lowest BCUT2D eigenvalue weighted by Crippen LogP contribution is -2.55. The number of ether oxygens (including phenoxy) is 2. The SMILES string of the molecule is CCCOC1C(O)CC1OC1CCCC(C)C1. The molecule has 2 fully saturated rings. The lowest BCUT2D eigenvalue weighted by Gasteiger charge is -2.43. The first kappa shape index (κ1) is 13.3. The van der Waals surface area contributed by atoms with Gasteiger partial charge < -0.3 is 14.6 Å². The summed E-state index contributed by atoms with van der Waals surface area (Å²) in [6.45, 7) is 5.11. The van der Waals surface area contributed by atoms with Gasteiger partial charge in [-0.3, -0.25) is 0 Å². The molecule has 2 aliphatic rings. The maximum absolute atomic E-state index is 9.68. The standard InChI is InChI=1S/C14H26O3/c1-3-7-16-14-12(15)9-13(14)17-11-6-4-5-10(2)8-11/h10-15H,3-9H2,1-2H3. The van der Waals surface area contributed by atoms with E-state index in [-0.39, 0.29) is 18.3 Å². The molecule has 0 aliphatic heterocycles. The summed E-state index contributed by atoms with van der Waals surface area (Å²) in [5.74, 6) is 0.786. The van der Waals surface area contributed by atoms with Crippen molar-refractivity contribution in [2.75, 3.05) is 6.61 Å². The number of hydrogen-bond acceptors (Lipinski definition) is 3. The van der Waals surface area contributed by atoms with Gasteiger partial charge in [-0.15, -0.1) is 0 Å². The van der Waals surface area contributed by atoms with Crippen LogP contribution in [0.1, 0.15) is 52.4 Å². The van der Waals surface area contributed by atoms with Gasteiger partial charge in [0.25, 0.3) is 0 Å². The van der Waals surface area contributed by atoms with Gasteiger partial charge in [0.05, 0.1) is 18.3 Å². The highest BCUT2D eigenvalue weighted by atomic mass is 16.6. The van der Waals surface area contributed by atoms with Crippen LogP contribution in [0.25, 0.3) is 0 Å². The van der Waals surface area contributed by atoms with E-state index in [0.29, 0.717) is 6.10 Å². The largest absolute Gasteiger partial charge is 0.390 e. The molecule has 0 heterocycles. The molecule has 17 heavy (non-hydrogen) atoms. The minimum absolute atomic E-state index is 0.0767. The summed E-state index contributed by atoms with van der Waals surface area (Å²) in [7, 11) is 0. The second-order valence-corrected chi connectivity index (χ2v) is 5.71. The molecule has 0 spiro atoms. The van der Waals surface area contributed by atoms with Gasteiger partial charge in [-0.05, 0) is 25.2 Å². The van der Waals surface area contributed by atoms with Crippen LogP contribution in [0.5, 0.6) is 0 Å². The van der Waals surface area contributed by atoms with Crippen LogP contribution >= 0.6 is 0 Å². The molecule has 0 saturated heterocycles. The summed E-state index contributed by atoms with van der Waals surface area (Å²) in [6.07, 6.45) is 6.85. The summed E-state index contributed by atoms with van der Waals surface area (Å²) >= 11 is 0. The van der Waals surface area contributed by atoms with Crippen molar-refractivity contribution in [2.24, 2.45) is 5.92 Å². The summed E-state index contributed by atoms with van der Waals surface area (Å²) in [5.41, 5.74) is 0. The summed E-state index contributed by atoms with van der Waals surface area (Å²) in [4.78, 5) is 0. The van der Waals surface area contributed by atoms with E-state index in [9.17, 15) is 5.11 Å². The Morgan fingerprint density at radius 2 is 2.06 bits per heavy atom. The van der Waals surface area contributed by atoms with E-state index >= 15 is 0 Å². The monoisotopic (exact) mass is 242 g/mol. The van der Waals surface area contributed by atoms with Gasteiger partial charge in [-0.1, -0.05) is 26.7 Å². The highest BCUT2D eigenvalue weighted by Gasteiger charge is 2.43. The van der Waals surface area contributed by atoms with Crippen molar-refractivity contribution in [3.8, 4) is 0 Å². The number of aliphatic hydroxyl groups excluding tert-OH is 1. The molecule has 3 nitrogen and oxygen atoms in total. The second kappa shape index (κ2) is 6.17. The molecular weight excluding hydrogens is 216 g/mol. The zero-order valence-electron chi connectivity index (χ0n) is 11.1. The Morgan fingerprint density at radius 3 is 2.71 bits per heavy atom. The quantitative estimate of drug-likeness (QED) is 0.805. The Balaban J connectivity index is 1.74. The Hall–Kier alpha value is -0.120. The Morgan fingerprint density at radius 1 is 1.24 bits per heavy atom. The minimum atomic E-state index is -0.312. The van der Waals surface area contributed by atoms with Gasteiger partial charge in [0.15, 0.2) is 0 Å². The topological polar surface area (TPSA) is 38.7 Å². The second-order valence-electron chi connectivity index (χ2n) is 5.71. The molecule has 5 atom stereocenters. The van der Waals surface area contributed by atoms with Crippen molar-refractivity contribution in [2.45, 2.75) is 76.8 Å². The molecule has 0 aromatic heterocycles. The van der Waals surface area contributed by atoms with Crippen LogP contribution in [-0.4, -0.2) is 36.1 Å². The third-order valence-electron chi connectivity index (χ3n) is 3.99. The molecular formula is C14H26O3. The van der Waals surface area contributed by atoms with Crippen molar-refractivity contribution in [1.29, 1.82) is 0 Å². The Kier molecular flexibility index (Phi) is 4.83. The Labute approximate surface area is 104 Å². The third-order valence-corrected chi connectivity index (χ3v) is 3.99. The zero-order valence-corrected chi connectivity index (χ0v) is 11.1. The van der Waals surface area contributed by atoms with Crippen molar-refractivity contribution in [3.05, 3.63) is 0 Å². The molecule has 0 aromatic rings. The van der Waals surface area contributed by atoms with Gasteiger partial charge in [-0.2, -0.15) is 0 Å². The molecule has 3 heteroatoms. The van der Waals surface area contributed by atoms with Gasteiger partial charge in [0.2, 0.25) is 0 Å². The van der Waals surface area contributed by atoms with Gasteiger partial charge in [0.1, 0.15) is 6.10 Å². The van der Waals surface area contributed by atoms with E-state index in [4.69, 9.17) is 9.47 Å². The lowest BCUT2D eigenvalue weighted by atomic mass is 9.85. The zero-order chi connectivity index (χ0) is 12.3. The highest BCUT2D eigenvalue weighted by molar-refractivity contribution is 4.93. The Bertz CT molecular complexity index is 232. The van der Waals surface area contributed by atoms with E-state index in [1.54, 1.807) is 0 Å². The van der Waals surface area contributed by atoms with E-state index in [1.807, 2.05) is 0 Å². The fourth-order valence-corrected chi connectivity index (χ4v) is 2.91. The molecule has 0 radical (unpaired) electrons. The smallest absolute Gasteiger partial charge is 0.110 e.